The summed E-state index contributed by atoms with van der Waals surface area (Å²) < 4.78 is 5.20. The summed E-state index contributed by atoms with van der Waals surface area (Å²) in [5.74, 6) is 0. The van der Waals surface area contributed by atoms with Gasteiger partial charge in [-0.15, -0.1) is 0 Å². The third-order valence-corrected chi connectivity index (χ3v) is 3.00. The summed E-state index contributed by atoms with van der Waals surface area (Å²) in [6.07, 6.45) is 0. The van der Waals surface area contributed by atoms with Crippen LogP contribution in [-0.2, 0) is 4.74 Å². The van der Waals surface area contributed by atoms with Crippen molar-refractivity contribution in [2.75, 3.05) is 32.8 Å². The minimum absolute atomic E-state index is 0.0651. The Bertz CT molecular complexity index is 377. The first-order valence-corrected chi connectivity index (χ1v) is 6.18. The van der Waals surface area contributed by atoms with Gasteiger partial charge in [0.1, 0.15) is 0 Å². The summed E-state index contributed by atoms with van der Waals surface area (Å²) in [6, 6.07) is 9.53. The van der Waals surface area contributed by atoms with Gasteiger partial charge >= 0.3 is 6.03 Å². The molecule has 1 aliphatic heterocycles. The molecule has 1 aromatic carbocycles. The molecule has 0 saturated carbocycles. The number of benzene rings is 1. The zero-order valence-electron chi connectivity index (χ0n) is 10.3. The minimum Gasteiger partial charge on any atom is -0.378 e. The Morgan fingerprint density at radius 3 is 2.67 bits per heavy atom. The first kappa shape index (κ1) is 12.9. The minimum atomic E-state index is -0.170. The summed E-state index contributed by atoms with van der Waals surface area (Å²) in [7, 11) is 0. The van der Waals surface area contributed by atoms with Gasteiger partial charge in [0.2, 0.25) is 0 Å². The van der Waals surface area contributed by atoms with Crippen molar-refractivity contribution in [2.45, 2.75) is 6.04 Å². The third kappa shape index (κ3) is 3.45. The van der Waals surface area contributed by atoms with Crippen molar-refractivity contribution in [3.63, 3.8) is 0 Å². The van der Waals surface area contributed by atoms with Crippen molar-refractivity contribution in [2.24, 2.45) is 5.73 Å². The molecule has 2 rings (SSSR count). The number of nitrogens with two attached hydrogens (primary N) is 1. The van der Waals surface area contributed by atoms with Crippen molar-refractivity contribution >= 4 is 6.03 Å². The molecule has 2 amide bonds. The Morgan fingerprint density at radius 2 is 2.00 bits per heavy atom. The fourth-order valence-electron chi connectivity index (χ4n) is 1.89. The molecule has 1 unspecified atom stereocenters. The van der Waals surface area contributed by atoms with Crippen LogP contribution in [0.2, 0.25) is 0 Å². The number of ether oxygens (including phenoxy) is 1. The summed E-state index contributed by atoms with van der Waals surface area (Å²) in [5, 5.41) is 2.86. The average molecular weight is 249 g/mol. The van der Waals surface area contributed by atoms with Crippen molar-refractivity contribution in [1.82, 2.24) is 10.2 Å². The normalized spacial score (nSPS) is 17.3. The molecule has 98 valence electrons. The molecule has 1 aromatic rings. The molecule has 18 heavy (non-hydrogen) atoms. The molecule has 1 aliphatic rings. The van der Waals surface area contributed by atoms with Crippen LogP contribution in [0.3, 0.4) is 0 Å². The molecule has 5 nitrogen and oxygen atoms in total. The number of hydrogen-bond donors (Lipinski definition) is 2. The number of carbonyl (C=O) groups is 1. The second kappa shape index (κ2) is 6.37. The largest absolute Gasteiger partial charge is 0.378 e. The van der Waals surface area contributed by atoms with E-state index in [1.165, 1.54) is 0 Å². The Balaban J connectivity index is 1.78. The zero-order chi connectivity index (χ0) is 12.8. The van der Waals surface area contributed by atoms with Gasteiger partial charge in [-0.1, -0.05) is 30.3 Å². The van der Waals surface area contributed by atoms with Crippen molar-refractivity contribution in [3.05, 3.63) is 35.9 Å². The second-order valence-electron chi connectivity index (χ2n) is 4.30. The molecule has 0 aromatic heterocycles. The van der Waals surface area contributed by atoms with Crippen LogP contribution in [0.25, 0.3) is 0 Å². The standard InChI is InChI=1S/C13H19N3O2/c14-12(11-4-2-1-3-5-11)10-15-13(17)16-6-8-18-9-7-16/h1-5,12H,6-10,14H2,(H,15,17). The van der Waals surface area contributed by atoms with E-state index in [1.54, 1.807) is 4.90 Å². The highest BCUT2D eigenvalue weighted by atomic mass is 16.5. The van der Waals surface area contributed by atoms with E-state index in [0.717, 1.165) is 5.56 Å². The number of hydrogen-bond acceptors (Lipinski definition) is 3. The predicted octanol–water partition coefficient (Wildman–Crippen LogP) is 0.728. The lowest BCUT2D eigenvalue weighted by atomic mass is 10.1. The van der Waals surface area contributed by atoms with Crippen LogP contribution in [0, 0.1) is 0 Å². The number of amides is 2. The van der Waals surface area contributed by atoms with Crippen molar-refractivity contribution in [3.8, 4) is 0 Å². The lowest BCUT2D eigenvalue weighted by Gasteiger charge is -2.27. The number of rotatable bonds is 3. The molecule has 0 spiro atoms. The molecule has 1 heterocycles. The maximum atomic E-state index is 11.8. The Hall–Kier alpha value is -1.59. The maximum absolute atomic E-state index is 11.8. The van der Waals surface area contributed by atoms with Gasteiger partial charge in [-0.2, -0.15) is 0 Å². The molecule has 3 N–H and O–H groups in total. The first-order valence-electron chi connectivity index (χ1n) is 6.18. The fraction of sp³-hybridized carbons (Fsp3) is 0.462. The molecule has 5 heteroatoms. The summed E-state index contributed by atoms with van der Waals surface area (Å²) in [6.45, 7) is 2.95. The van der Waals surface area contributed by atoms with E-state index >= 15 is 0 Å². The Kier molecular flexibility index (Phi) is 4.55. The van der Waals surface area contributed by atoms with Crippen LogP contribution in [0.1, 0.15) is 11.6 Å². The van der Waals surface area contributed by atoms with E-state index in [1.807, 2.05) is 30.3 Å². The van der Waals surface area contributed by atoms with Crippen LogP contribution >= 0.6 is 0 Å². The van der Waals surface area contributed by atoms with E-state index in [0.29, 0.717) is 32.8 Å². The smallest absolute Gasteiger partial charge is 0.317 e. The van der Waals surface area contributed by atoms with Gasteiger partial charge in [-0.3, -0.25) is 0 Å². The molecule has 1 fully saturated rings. The maximum Gasteiger partial charge on any atom is 0.317 e. The monoisotopic (exact) mass is 249 g/mol. The molecular weight excluding hydrogens is 230 g/mol. The van der Waals surface area contributed by atoms with Crippen molar-refractivity contribution in [1.29, 1.82) is 0 Å². The SMILES string of the molecule is NC(CNC(=O)N1CCOCC1)c1ccccc1. The van der Waals surface area contributed by atoms with E-state index in [4.69, 9.17) is 10.5 Å². The van der Waals surface area contributed by atoms with Crippen LogP contribution < -0.4 is 11.1 Å². The van der Waals surface area contributed by atoms with Gasteiger partial charge in [-0.05, 0) is 5.56 Å². The van der Waals surface area contributed by atoms with Gasteiger partial charge < -0.3 is 20.7 Å². The molecule has 0 radical (unpaired) electrons. The second-order valence-corrected chi connectivity index (χ2v) is 4.30. The first-order chi connectivity index (χ1) is 8.77. The lowest BCUT2D eigenvalue weighted by molar-refractivity contribution is 0.0531. The van der Waals surface area contributed by atoms with Gasteiger partial charge in [0.05, 0.1) is 13.2 Å². The third-order valence-electron chi connectivity index (χ3n) is 3.00. The summed E-state index contributed by atoms with van der Waals surface area (Å²) >= 11 is 0. The summed E-state index contributed by atoms with van der Waals surface area (Å²) in [4.78, 5) is 13.6. The lowest BCUT2D eigenvalue weighted by Crippen LogP contribution is -2.47. The number of nitrogens with zero attached hydrogens (tertiary/aromatic N) is 1. The Morgan fingerprint density at radius 1 is 1.33 bits per heavy atom. The fourth-order valence-corrected chi connectivity index (χ4v) is 1.89. The number of carbonyl (C=O) groups excluding carboxylic acids is 1. The van der Waals surface area contributed by atoms with Crippen LogP contribution in [-0.4, -0.2) is 43.8 Å². The number of nitrogens with one attached hydrogen (secondary N) is 1. The topological polar surface area (TPSA) is 67.6 Å². The highest BCUT2D eigenvalue weighted by Crippen LogP contribution is 2.08. The molecule has 0 aliphatic carbocycles. The van der Waals surface area contributed by atoms with Gasteiger partial charge in [-0.25, -0.2) is 4.79 Å². The van der Waals surface area contributed by atoms with E-state index in [-0.39, 0.29) is 12.1 Å². The van der Waals surface area contributed by atoms with E-state index in [9.17, 15) is 4.79 Å². The highest BCUT2D eigenvalue weighted by Gasteiger charge is 2.17. The average Bonchev–Trinajstić information content (AvgIpc) is 2.46. The zero-order valence-corrected chi connectivity index (χ0v) is 10.3. The Labute approximate surface area is 107 Å². The molecule has 0 bridgehead atoms. The summed E-state index contributed by atoms with van der Waals surface area (Å²) in [5.41, 5.74) is 7.04. The number of urea groups is 1. The van der Waals surface area contributed by atoms with E-state index in [2.05, 4.69) is 5.32 Å². The van der Waals surface area contributed by atoms with Crippen molar-refractivity contribution < 1.29 is 9.53 Å². The quantitative estimate of drug-likeness (QED) is 0.829. The van der Waals surface area contributed by atoms with Crippen LogP contribution in [0.5, 0.6) is 0 Å². The molecule has 1 saturated heterocycles. The van der Waals surface area contributed by atoms with Gasteiger partial charge in [0.25, 0.3) is 0 Å². The predicted molar refractivity (Wildman–Crippen MR) is 69.2 cm³/mol. The van der Waals surface area contributed by atoms with Crippen LogP contribution in [0.15, 0.2) is 30.3 Å². The molecular formula is C13H19N3O2. The van der Waals surface area contributed by atoms with Gasteiger partial charge in [0.15, 0.2) is 0 Å². The highest BCUT2D eigenvalue weighted by molar-refractivity contribution is 5.74. The van der Waals surface area contributed by atoms with E-state index < -0.39 is 0 Å². The van der Waals surface area contributed by atoms with Gasteiger partial charge in [0, 0.05) is 25.7 Å². The number of morpholine rings is 1. The van der Waals surface area contributed by atoms with Crippen LogP contribution in [0.4, 0.5) is 4.79 Å². The molecule has 1 atom stereocenters.